The Kier molecular flexibility index (Phi) is 11.1. The molecule has 5 nitrogen and oxygen atoms in total. The summed E-state index contributed by atoms with van der Waals surface area (Å²) >= 11 is 0. The molecular weight excluding hydrogens is 255 g/mol. The number of hydrogen-bond donors (Lipinski definition) is 2. The van der Waals surface area contributed by atoms with E-state index in [1.807, 2.05) is 26.0 Å². The van der Waals surface area contributed by atoms with E-state index in [1.54, 1.807) is 0 Å². The quantitative estimate of drug-likeness (QED) is 0.364. The van der Waals surface area contributed by atoms with Gasteiger partial charge >= 0.3 is 8.25 Å². The van der Waals surface area contributed by atoms with Crippen LogP contribution in [-0.2, 0) is 13.6 Å². The van der Waals surface area contributed by atoms with Crippen molar-refractivity contribution in [1.82, 2.24) is 0 Å². The lowest BCUT2D eigenvalue weighted by atomic mass is 10.2. The van der Waals surface area contributed by atoms with Crippen molar-refractivity contribution >= 4 is 8.25 Å². The van der Waals surface area contributed by atoms with Crippen molar-refractivity contribution in [1.29, 1.82) is 0 Å². The summed E-state index contributed by atoms with van der Waals surface area (Å²) in [6, 6.07) is 0. The third-order valence-corrected chi connectivity index (χ3v) is 2.90. The Morgan fingerprint density at radius 2 is 1.39 bits per heavy atom. The van der Waals surface area contributed by atoms with Crippen molar-refractivity contribution in [2.75, 3.05) is 26.4 Å². The summed E-state index contributed by atoms with van der Waals surface area (Å²) in [6.45, 7) is 4.28. The van der Waals surface area contributed by atoms with E-state index >= 15 is 0 Å². The first-order chi connectivity index (χ1) is 8.60. The molecule has 0 aromatic carbocycles. The molecule has 0 fully saturated rings. The molecule has 0 amide bonds. The SMILES string of the molecule is CC(=CCCO[P+](=O)OCCC=C(C)CO)CO. The Balaban J connectivity index is 3.55. The van der Waals surface area contributed by atoms with Crippen LogP contribution in [0.15, 0.2) is 23.3 Å². The van der Waals surface area contributed by atoms with Crippen LogP contribution >= 0.6 is 8.25 Å². The van der Waals surface area contributed by atoms with Gasteiger partial charge in [0.15, 0.2) is 0 Å². The van der Waals surface area contributed by atoms with Gasteiger partial charge in [0.25, 0.3) is 0 Å². The molecule has 0 saturated heterocycles. The molecule has 0 atom stereocenters. The van der Waals surface area contributed by atoms with Crippen molar-refractivity contribution in [3.05, 3.63) is 23.3 Å². The van der Waals surface area contributed by atoms with Gasteiger partial charge in [-0.25, -0.2) is 0 Å². The highest BCUT2D eigenvalue weighted by atomic mass is 31.1. The molecule has 0 aromatic heterocycles. The Bertz CT molecular complexity index is 271. The molecule has 0 unspecified atom stereocenters. The highest BCUT2D eigenvalue weighted by Gasteiger charge is 2.18. The fourth-order valence-electron chi connectivity index (χ4n) is 1.03. The van der Waals surface area contributed by atoms with Crippen LogP contribution in [0.2, 0.25) is 0 Å². The third kappa shape index (κ3) is 10.6. The van der Waals surface area contributed by atoms with Gasteiger partial charge in [0, 0.05) is 4.57 Å². The van der Waals surface area contributed by atoms with Crippen molar-refractivity contribution < 1.29 is 23.8 Å². The maximum atomic E-state index is 11.2. The first kappa shape index (κ1) is 17.4. The molecule has 0 saturated carbocycles. The normalized spacial score (nSPS) is 13.9. The average Bonchev–Trinajstić information content (AvgIpc) is 2.38. The van der Waals surface area contributed by atoms with Crippen molar-refractivity contribution in [2.24, 2.45) is 0 Å². The van der Waals surface area contributed by atoms with Crippen LogP contribution in [0.5, 0.6) is 0 Å². The molecule has 0 bridgehead atoms. The zero-order chi connectivity index (χ0) is 13.8. The van der Waals surface area contributed by atoms with E-state index in [0.29, 0.717) is 26.1 Å². The monoisotopic (exact) mass is 277 g/mol. The van der Waals surface area contributed by atoms with Gasteiger partial charge in [-0.05, 0) is 26.7 Å². The Hall–Kier alpha value is -0.580. The molecule has 0 aliphatic heterocycles. The zero-order valence-electron chi connectivity index (χ0n) is 11.0. The van der Waals surface area contributed by atoms with E-state index in [-0.39, 0.29) is 13.2 Å². The molecule has 6 heteroatoms. The van der Waals surface area contributed by atoms with Crippen molar-refractivity contribution in [2.45, 2.75) is 26.7 Å². The van der Waals surface area contributed by atoms with Crippen LogP contribution in [0, 0.1) is 0 Å². The third-order valence-electron chi connectivity index (χ3n) is 2.11. The summed E-state index contributed by atoms with van der Waals surface area (Å²) < 4.78 is 21.2. The minimum atomic E-state index is -2.08. The van der Waals surface area contributed by atoms with Crippen LogP contribution in [0.4, 0.5) is 0 Å². The van der Waals surface area contributed by atoms with Crippen molar-refractivity contribution in [3.63, 3.8) is 0 Å². The molecule has 18 heavy (non-hydrogen) atoms. The largest absolute Gasteiger partial charge is 0.697 e. The highest BCUT2D eigenvalue weighted by molar-refractivity contribution is 7.33. The van der Waals surface area contributed by atoms with Gasteiger partial charge in [-0.3, -0.25) is 0 Å². The lowest BCUT2D eigenvalue weighted by molar-refractivity contribution is 0.231. The molecule has 0 rings (SSSR count). The fourth-order valence-corrected chi connectivity index (χ4v) is 1.61. The molecule has 0 radical (unpaired) electrons. The maximum Gasteiger partial charge on any atom is 0.697 e. The minimum Gasteiger partial charge on any atom is -0.392 e. The summed E-state index contributed by atoms with van der Waals surface area (Å²) in [6.07, 6.45) is 4.85. The fraction of sp³-hybridized carbons (Fsp3) is 0.667. The molecule has 0 aliphatic rings. The van der Waals surface area contributed by atoms with E-state index in [4.69, 9.17) is 19.3 Å². The first-order valence-corrected chi connectivity index (χ1v) is 6.95. The Morgan fingerprint density at radius 3 is 1.72 bits per heavy atom. The number of aliphatic hydroxyl groups excluding tert-OH is 2. The smallest absolute Gasteiger partial charge is 0.392 e. The van der Waals surface area contributed by atoms with Crippen LogP contribution in [0.3, 0.4) is 0 Å². The van der Waals surface area contributed by atoms with Crippen molar-refractivity contribution in [3.8, 4) is 0 Å². The first-order valence-electron chi connectivity index (χ1n) is 5.86. The highest BCUT2D eigenvalue weighted by Crippen LogP contribution is 2.24. The van der Waals surface area contributed by atoms with Gasteiger partial charge in [0.2, 0.25) is 0 Å². The summed E-state index contributed by atoms with van der Waals surface area (Å²) in [5.41, 5.74) is 1.72. The predicted molar refractivity (Wildman–Crippen MR) is 70.4 cm³/mol. The van der Waals surface area contributed by atoms with Crippen LogP contribution in [0.25, 0.3) is 0 Å². The molecule has 104 valence electrons. The zero-order valence-corrected chi connectivity index (χ0v) is 11.9. The molecule has 2 N–H and O–H groups in total. The summed E-state index contributed by atoms with van der Waals surface area (Å²) in [5, 5.41) is 17.5. The second-order valence-corrected chi connectivity index (χ2v) is 4.85. The van der Waals surface area contributed by atoms with Gasteiger partial charge in [-0.1, -0.05) is 23.3 Å². The second kappa shape index (κ2) is 11.5. The number of aliphatic hydroxyl groups is 2. The van der Waals surface area contributed by atoms with E-state index in [1.165, 1.54) is 0 Å². The Labute approximate surface area is 109 Å². The minimum absolute atomic E-state index is 0.0270. The van der Waals surface area contributed by atoms with E-state index in [9.17, 15) is 4.57 Å². The topological polar surface area (TPSA) is 76.0 Å². The van der Waals surface area contributed by atoms with E-state index in [2.05, 4.69) is 0 Å². The summed E-state index contributed by atoms with van der Waals surface area (Å²) in [5.74, 6) is 0. The second-order valence-electron chi connectivity index (χ2n) is 3.88. The predicted octanol–water partition coefficient (Wildman–Crippen LogP) is 2.33. The summed E-state index contributed by atoms with van der Waals surface area (Å²) in [7, 11) is -2.08. The maximum absolute atomic E-state index is 11.2. The van der Waals surface area contributed by atoms with Gasteiger partial charge < -0.3 is 10.2 Å². The molecule has 0 heterocycles. The standard InChI is InChI=1S/C12H22O5P/c1-11(9-13)5-3-7-16-18(15)17-8-4-6-12(2)10-14/h5-6,13-14H,3-4,7-10H2,1-2H3/q+1. The van der Waals surface area contributed by atoms with Crippen LogP contribution in [0.1, 0.15) is 26.7 Å². The van der Waals surface area contributed by atoms with E-state index in [0.717, 1.165) is 11.1 Å². The van der Waals surface area contributed by atoms with E-state index < -0.39 is 8.25 Å². The lowest BCUT2D eigenvalue weighted by Crippen LogP contribution is -1.92. The molecule has 0 spiro atoms. The Morgan fingerprint density at radius 1 is 1.00 bits per heavy atom. The average molecular weight is 277 g/mol. The van der Waals surface area contributed by atoms with Gasteiger partial charge in [-0.15, -0.1) is 9.05 Å². The molecule has 0 aliphatic carbocycles. The molecule has 0 aromatic rings. The number of rotatable bonds is 10. The summed E-state index contributed by atoms with van der Waals surface area (Å²) in [4.78, 5) is 0. The van der Waals surface area contributed by atoms with Crippen LogP contribution in [-0.4, -0.2) is 36.6 Å². The van der Waals surface area contributed by atoms with Gasteiger partial charge in [0.1, 0.15) is 13.2 Å². The van der Waals surface area contributed by atoms with Gasteiger partial charge in [0.05, 0.1) is 13.2 Å². The van der Waals surface area contributed by atoms with Gasteiger partial charge in [-0.2, -0.15) is 0 Å². The molecular formula is C12H22O5P+. The number of hydrogen-bond acceptors (Lipinski definition) is 5. The lowest BCUT2D eigenvalue weighted by Gasteiger charge is -1.94. The van der Waals surface area contributed by atoms with Crippen LogP contribution < -0.4 is 0 Å².